The predicted octanol–water partition coefficient (Wildman–Crippen LogP) is 1.64. The summed E-state index contributed by atoms with van der Waals surface area (Å²) in [6.07, 6.45) is 1.75. The van der Waals surface area contributed by atoms with Crippen molar-refractivity contribution in [3.05, 3.63) is 16.7 Å². The molecule has 0 amide bonds. The third kappa shape index (κ3) is 2.11. The van der Waals surface area contributed by atoms with Gasteiger partial charge in [0, 0.05) is 18.6 Å². The molecule has 0 atom stereocenters. The number of ether oxygens (including phenoxy) is 1. The van der Waals surface area contributed by atoms with E-state index in [0.29, 0.717) is 17.6 Å². The Balaban J connectivity index is 1.99. The van der Waals surface area contributed by atoms with Gasteiger partial charge in [0.2, 0.25) is 5.95 Å². The second kappa shape index (κ2) is 4.66. The number of hydrogen-bond acceptors (Lipinski definition) is 6. The zero-order valence-corrected chi connectivity index (χ0v) is 11.4. The summed E-state index contributed by atoms with van der Waals surface area (Å²) < 4.78 is 6.04. The fourth-order valence-corrected chi connectivity index (χ4v) is 2.12. The zero-order valence-electron chi connectivity index (χ0n) is 9.77. The summed E-state index contributed by atoms with van der Waals surface area (Å²) in [5.74, 6) is 1.35. The number of aromatic nitrogens is 3. The van der Waals surface area contributed by atoms with E-state index in [2.05, 4.69) is 41.5 Å². The van der Waals surface area contributed by atoms with Crippen LogP contribution in [0.3, 0.4) is 0 Å². The maximum atomic E-state index is 5.13. The first kappa shape index (κ1) is 11.6. The van der Waals surface area contributed by atoms with Crippen molar-refractivity contribution in [1.29, 1.82) is 0 Å². The van der Waals surface area contributed by atoms with Gasteiger partial charge < -0.3 is 15.4 Å². The second-order valence-corrected chi connectivity index (χ2v) is 4.91. The maximum absolute atomic E-state index is 5.13. The highest BCUT2D eigenvalue weighted by atomic mass is 79.9. The average Bonchev–Trinajstić information content (AvgIpc) is 2.33. The van der Waals surface area contributed by atoms with Gasteiger partial charge in [-0.25, -0.2) is 9.97 Å². The molecule has 0 aliphatic carbocycles. The van der Waals surface area contributed by atoms with E-state index in [9.17, 15) is 0 Å². The Morgan fingerprint density at radius 1 is 1.39 bits per heavy atom. The third-order valence-electron chi connectivity index (χ3n) is 2.72. The quantitative estimate of drug-likeness (QED) is 0.898. The van der Waals surface area contributed by atoms with E-state index in [4.69, 9.17) is 4.74 Å². The van der Waals surface area contributed by atoms with Crippen molar-refractivity contribution in [2.24, 2.45) is 0 Å². The van der Waals surface area contributed by atoms with E-state index >= 15 is 0 Å². The van der Waals surface area contributed by atoms with Crippen LogP contribution in [0.1, 0.15) is 0 Å². The lowest BCUT2D eigenvalue weighted by atomic mass is 10.2. The molecule has 94 valence electrons. The summed E-state index contributed by atoms with van der Waals surface area (Å²) in [6.45, 7) is 1.44. The lowest BCUT2D eigenvalue weighted by Crippen LogP contribution is -2.40. The standard InChI is InChI=1S/C11H12BrN5O/c1-13-11-14-3-6-2-8(12)10(16-9(6)17-11)15-7-4-18-5-7/h2-3,7H,4-5H2,1H3,(H2,13,14,15,16,17). The Morgan fingerprint density at radius 2 is 2.22 bits per heavy atom. The van der Waals surface area contributed by atoms with Gasteiger partial charge in [-0.15, -0.1) is 0 Å². The largest absolute Gasteiger partial charge is 0.377 e. The van der Waals surface area contributed by atoms with Gasteiger partial charge in [-0.05, 0) is 22.0 Å². The number of hydrogen-bond donors (Lipinski definition) is 2. The molecule has 1 fully saturated rings. The van der Waals surface area contributed by atoms with E-state index in [0.717, 1.165) is 28.9 Å². The van der Waals surface area contributed by atoms with Gasteiger partial charge in [0.05, 0.1) is 23.7 Å². The average molecular weight is 310 g/mol. The Morgan fingerprint density at radius 3 is 2.89 bits per heavy atom. The van der Waals surface area contributed by atoms with Gasteiger partial charge in [-0.2, -0.15) is 4.98 Å². The molecule has 18 heavy (non-hydrogen) atoms. The molecule has 0 saturated carbocycles. The minimum Gasteiger partial charge on any atom is -0.377 e. The van der Waals surface area contributed by atoms with Crippen molar-refractivity contribution in [1.82, 2.24) is 15.0 Å². The van der Waals surface area contributed by atoms with E-state index < -0.39 is 0 Å². The van der Waals surface area contributed by atoms with Crippen LogP contribution in [0.4, 0.5) is 11.8 Å². The summed E-state index contributed by atoms with van der Waals surface area (Å²) in [5.41, 5.74) is 0.667. The molecule has 0 radical (unpaired) electrons. The summed E-state index contributed by atoms with van der Waals surface area (Å²) in [7, 11) is 1.78. The fourth-order valence-electron chi connectivity index (χ4n) is 1.67. The molecule has 2 N–H and O–H groups in total. The molecule has 3 heterocycles. The van der Waals surface area contributed by atoms with E-state index in [1.807, 2.05) is 6.07 Å². The first-order valence-electron chi connectivity index (χ1n) is 5.61. The molecule has 1 aliphatic heterocycles. The number of nitrogens with one attached hydrogen (secondary N) is 2. The molecule has 0 spiro atoms. The van der Waals surface area contributed by atoms with Crippen LogP contribution in [0.15, 0.2) is 16.7 Å². The Kier molecular flexibility index (Phi) is 3.00. The van der Waals surface area contributed by atoms with Crippen molar-refractivity contribution >= 4 is 38.7 Å². The van der Waals surface area contributed by atoms with Crippen molar-refractivity contribution < 1.29 is 4.74 Å². The van der Waals surface area contributed by atoms with Crippen molar-refractivity contribution in [2.75, 3.05) is 30.9 Å². The van der Waals surface area contributed by atoms with Crippen LogP contribution in [-0.2, 0) is 4.74 Å². The highest BCUT2D eigenvalue weighted by Gasteiger charge is 2.19. The van der Waals surface area contributed by atoms with Gasteiger partial charge in [0.25, 0.3) is 0 Å². The first-order chi connectivity index (χ1) is 8.76. The summed E-state index contributed by atoms with van der Waals surface area (Å²) in [6, 6.07) is 2.29. The van der Waals surface area contributed by atoms with Gasteiger partial charge in [-0.1, -0.05) is 0 Å². The number of halogens is 1. The van der Waals surface area contributed by atoms with Crippen molar-refractivity contribution in [2.45, 2.75) is 6.04 Å². The fraction of sp³-hybridized carbons (Fsp3) is 0.364. The second-order valence-electron chi connectivity index (χ2n) is 4.05. The zero-order chi connectivity index (χ0) is 12.5. The minimum atomic E-state index is 0.330. The Labute approximate surface area is 112 Å². The molecule has 2 aromatic rings. The van der Waals surface area contributed by atoms with Crippen LogP contribution in [0.25, 0.3) is 11.0 Å². The lowest BCUT2D eigenvalue weighted by molar-refractivity contribution is 0.0209. The molecule has 1 saturated heterocycles. The van der Waals surface area contributed by atoms with Gasteiger partial charge in [0.15, 0.2) is 5.65 Å². The van der Waals surface area contributed by atoms with Crippen LogP contribution in [0.5, 0.6) is 0 Å². The molecule has 1 aliphatic rings. The van der Waals surface area contributed by atoms with Gasteiger partial charge in [-0.3, -0.25) is 0 Å². The topological polar surface area (TPSA) is 72.0 Å². The number of nitrogens with zero attached hydrogens (tertiary/aromatic N) is 3. The normalized spacial score (nSPS) is 15.4. The van der Waals surface area contributed by atoms with Crippen LogP contribution >= 0.6 is 15.9 Å². The van der Waals surface area contributed by atoms with Crippen LogP contribution in [0, 0.1) is 0 Å². The number of pyridine rings is 1. The van der Waals surface area contributed by atoms with Crippen LogP contribution in [-0.4, -0.2) is 41.3 Å². The predicted molar refractivity (Wildman–Crippen MR) is 72.8 cm³/mol. The molecule has 0 bridgehead atoms. The molecule has 7 heteroatoms. The lowest BCUT2D eigenvalue weighted by Gasteiger charge is -2.27. The Bertz CT molecular complexity index is 587. The monoisotopic (exact) mass is 309 g/mol. The number of fused-ring (bicyclic) bond motifs is 1. The first-order valence-corrected chi connectivity index (χ1v) is 6.41. The molecule has 0 unspecified atom stereocenters. The maximum Gasteiger partial charge on any atom is 0.224 e. The van der Waals surface area contributed by atoms with Gasteiger partial charge in [0.1, 0.15) is 5.82 Å². The molecule has 3 rings (SSSR count). The molecular formula is C11H12BrN5O. The van der Waals surface area contributed by atoms with Crippen molar-refractivity contribution in [3.63, 3.8) is 0 Å². The molecule has 2 aromatic heterocycles. The minimum absolute atomic E-state index is 0.330. The summed E-state index contributed by atoms with van der Waals surface area (Å²) >= 11 is 3.50. The van der Waals surface area contributed by atoms with Crippen LogP contribution < -0.4 is 10.6 Å². The summed E-state index contributed by atoms with van der Waals surface area (Å²) in [5, 5.41) is 7.11. The van der Waals surface area contributed by atoms with Crippen LogP contribution in [0.2, 0.25) is 0 Å². The molecule has 0 aromatic carbocycles. The van der Waals surface area contributed by atoms with Crippen molar-refractivity contribution in [3.8, 4) is 0 Å². The van der Waals surface area contributed by atoms with Gasteiger partial charge >= 0.3 is 0 Å². The SMILES string of the molecule is CNc1ncc2cc(Br)c(NC3COC3)nc2n1. The molecule has 6 nitrogen and oxygen atoms in total. The highest BCUT2D eigenvalue weighted by Crippen LogP contribution is 2.25. The van der Waals surface area contributed by atoms with E-state index in [1.165, 1.54) is 0 Å². The Hall–Kier alpha value is -1.47. The highest BCUT2D eigenvalue weighted by molar-refractivity contribution is 9.10. The van der Waals surface area contributed by atoms with E-state index in [-0.39, 0.29) is 0 Å². The van der Waals surface area contributed by atoms with E-state index in [1.54, 1.807) is 13.2 Å². The smallest absolute Gasteiger partial charge is 0.224 e. The summed E-state index contributed by atoms with van der Waals surface area (Å²) in [4.78, 5) is 13.0. The molecular weight excluding hydrogens is 298 g/mol. The number of anilines is 2. The third-order valence-corrected chi connectivity index (χ3v) is 3.33. The number of rotatable bonds is 3.